The van der Waals surface area contributed by atoms with E-state index in [2.05, 4.69) is 12.6 Å². The first-order valence-electron chi connectivity index (χ1n) is 6.57. The van der Waals surface area contributed by atoms with Gasteiger partial charge in [-0.2, -0.15) is 12.6 Å². The average Bonchev–Trinajstić information content (AvgIpc) is 2.45. The molecular formula is C12H22NO8PS. The molecule has 6 N–H and O–H groups in total. The van der Waals surface area contributed by atoms with Crippen molar-refractivity contribution in [1.82, 2.24) is 0 Å². The Balaban J connectivity index is 0. The lowest BCUT2D eigenvalue weighted by Crippen LogP contribution is -2.31. The number of hydrogen-bond donors (Lipinski definition) is 6. The summed E-state index contributed by atoms with van der Waals surface area (Å²) in [6.45, 7) is 0. The summed E-state index contributed by atoms with van der Waals surface area (Å²) in [5.41, 5.74) is 4.94. The molecule has 0 bridgehead atoms. The van der Waals surface area contributed by atoms with E-state index in [1.165, 1.54) is 0 Å². The van der Waals surface area contributed by atoms with E-state index >= 15 is 0 Å². The van der Waals surface area contributed by atoms with E-state index in [1.807, 2.05) is 0 Å². The number of carboxylic acid groups (broad SMARTS) is 4. The predicted molar refractivity (Wildman–Crippen MR) is 87.7 cm³/mol. The molecule has 0 aromatic carbocycles. The first-order valence-corrected chi connectivity index (χ1v) is 9.10. The Labute approximate surface area is 140 Å². The normalized spacial score (nSPS) is 11.3. The maximum atomic E-state index is 10.4. The van der Waals surface area contributed by atoms with Crippen LogP contribution in [-0.4, -0.2) is 74.6 Å². The minimum Gasteiger partial charge on any atom is -0.481 e. The maximum absolute atomic E-state index is 10.4. The Hall–Kier alpha value is -1.38. The van der Waals surface area contributed by atoms with Crippen LogP contribution in [0.3, 0.4) is 0 Å². The molecule has 0 saturated carbocycles. The topological polar surface area (TPSA) is 175 Å². The zero-order valence-corrected chi connectivity index (χ0v) is 14.2. The Morgan fingerprint density at radius 2 is 1.13 bits per heavy atom. The number of hydrogen-bond acceptors (Lipinski definition) is 6. The van der Waals surface area contributed by atoms with Gasteiger partial charge < -0.3 is 26.2 Å². The van der Waals surface area contributed by atoms with E-state index < -0.39 is 37.8 Å². The molecule has 0 saturated heterocycles. The van der Waals surface area contributed by atoms with Crippen molar-refractivity contribution in [2.24, 2.45) is 5.73 Å². The summed E-state index contributed by atoms with van der Waals surface area (Å²) < 4.78 is 0. The molecule has 0 fully saturated rings. The van der Waals surface area contributed by atoms with Gasteiger partial charge in [-0.25, -0.2) is 0 Å². The molecule has 0 aliphatic rings. The molecule has 0 amide bonds. The van der Waals surface area contributed by atoms with Crippen LogP contribution < -0.4 is 5.73 Å². The third kappa shape index (κ3) is 18.6. The van der Waals surface area contributed by atoms with Gasteiger partial charge in [0.15, 0.2) is 0 Å². The SMILES string of the molecule is N[C@@H](CS)C(=O)O.O=C(O)CCP(CCC(=O)O)CCC(=O)O. The number of rotatable bonds is 11. The van der Waals surface area contributed by atoms with Gasteiger partial charge in [0.1, 0.15) is 6.04 Å². The van der Waals surface area contributed by atoms with Crippen LogP contribution in [0, 0.1) is 0 Å². The van der Waals surface area contributed by atoms with Crippen LogP contribution >= 0.6 is 20.6 Å². The second-order valence-electron chi connectivity index (χ2n) is 4.40. The van der Waals surface area contributed by atoms with Gasteiger partial charge in [0.25, 0.3) is 0 Å². The minimum atomic E-state index is -1.00. The van der Waals surface area contributed by atoms with Crippen LogP contribution in [0.15, 0.2) is 0 Å². The Morgan fingerprint density at radius 3 is 1.26 bits per heavy atom. The quantitative estimate of drug-likeness (QED) is 0.219. The molecule has 0 aromatic rings. The standard InChI is InChI=1S/C9H15O6P.C3H7NO2S/c10-7(11)1-4-16(5-2-8(12)13)6-3-9(14)15;4-2(1-7)3(5)6/h1-6H2,(H,10,11)(H,12,13)(H,14,15);2,7H,1,4H2,(H,5,6)/t;2-/m.0/s1. The van der Waals surface area contributed by atoms with Crippen LogP contribution in [-0.2, 0) is 19.2 Å². The predicted octanol–water partition coefficient (Wildman–Crippen LogP) is 0.220. The van der Waals surface area contributed by atoms with Gasteiger partial charge >= 0.3 is 23.9 Å². The second-order valence-corrected chi connectivity index (χ2v) is 7.45. The third-order valence-electron chi connectivity index (χ3n) is 2.44. The molecule has 9 nitrogen and oxygen atoms in total. The fraction of sp³-hybridized carbons (Fsp3) is 0.667. The summed E-state index contributed by atoms with van der Waals surface area (Å²) in [4.78, 5) is 40.8. The molecule has 1 atom stereocenters. The van der Waals surface area contributed by atoms with Crippen molar-refractivity contribution < 1.29 is 39.6 Å². The van der Waals surface area contributed by atoms with Gasteiger partial charge in [0, 0.05) is 25.0 Å². The molecule has 0 rings (SSSR count). The Bertz CT molecular complexity index is 364. The summed E-state index contributed by atoms with van der Waals surface area (Å²) >= 11 is 3.65. The van der Waals surface area contributed by atoms with Crippen LogP contribution in [0.2, 0.25) is 0 Å². The highest BCUT2D eigenvalue weighted by atomic mass is 32.1. The van der Waals surface area contributed by atoms with Crippen LogP contribution in [0.1, 0.15) is 19.3 Å². The number of carbonyl (C=O) groups is 4. The van der Waals surface area contributed by atoms with Crippen molar-refractivity contribution >= 4 is 44.4 Å². The zero-order valence-electron chi connectivity index (χ0n) is 12.4. The van der Waals surface area contributed by atoms with Crippen LogP contribution in [0.25, 0.3) is 0 Å². The fourth-order valence-corrected chi connectivity index (χ4v) is 3.52. The smallest absolute Gasteiger partial charge is 0.321 e. The van der Waals surface area contributed by atoms with E-state index in [4.69, 9.17) is 26.2 Å². The van der Waals surface area contributed by atoms with Crippen LogP contribution in [0.5, 0.6) is 0 Å². The van der Waals surface area contributed by atoms with Gasteiger partial charge in [-0.1, -0.05) is 0 Å². The van der Waals surface area contributed by atoms with Crippen molar-refractivity contribution in [3.05, 3.63) is 0 Å². The number of carboxylic acids is 4. The zero-order chi connectivity index (χ0) is 18.4. The molecule has 0 radical (unpaired) electrons. The lowest BCUT2D eigenvalue weighted by atomic mass is 10.4. The van der Waals surface area contributed by atoms with Crippen molar-refractivity contribution in [3.63, 3.8) is 0 Å². The highest BCUT2D eigenvalue weighted by Gasteiger charge is 2.13. The van der Waals surface area contributed by atoms with E-state index in [0.29, 0.717) is 18.5 Å². The largest absolute Gasteiger partial charge is 0.481 e. The first-order chi connectivity index (χ1) is 10.6. The van der Waals surface area contributed by atoms with Gasteiger partial charge in [0.05, 0.1) is 0 Å². The van der Waals surface area contributed by atoms with Crippen molar-refractivity contribution in [2.45, 2.75) is 25.3 Å². The summed E-state index contributed by atoms with van der Waals surface area (Å²) in [6, 6.07) is -0.816. The molecule has 23 heavy (non-hydrogen) atoms. The monoisotopic (exact) mass is 371 g/mol. The van der Waals surface area contributed by atoms with E-state index in [9.17, 15) is 19.2 Å². The molecule has 0 heterocycles. The summed E-state index contributed by atoms with van der Waals surface area (Å²) in [7, 11) is -0.801. The van der Waals surface area contributed by atoms with Crippen LogP contribution in [0.4, 0.5) is 0 Å². The highest BCUT2D eigenvalue weighted by molar-refractivity contribution is 7.80. The van der Waals surface area contributed by atoms with E-state index in [-0.39, 0.29) is 25.0 Å². The maximum Gasteiger partial charge on any atom is 0.321 e. The molecule has 0 aromatic heterocycles. The first kappa shape index (κ1) is 23.9. The Morgan fingerprint density at radius 1 is 0.826 bits per heavy atom. The number of thiol groups is 1. The van der Waals surface area contributed by atoms with Gasteiger partial charge in [-0.05, 0) is 18.5 Å². The Kier molecular flexibility index (Phi) is 14.8. The van der Waals surface area contributed by atoms with E-state index in [1.54, 1.807) is 0 Å². The summed E-state index contributed by atoms with van der Waals surface area (Å²) in [5, 5.41) is 33.5. The van der Waals surface area contributed by atoms with Gasteiger partial charge in [-0.3, -0.25) is 19.2 Å². The molecule has 134 valence electrons. The van der Waals surface area contributed by atoms with E-state index in [0.717, 1.165) is 0 Å². The third-order valence-corrected chi connectivity index (χ3v) is 5.40. The summed E-state index contributed by atoms with van der Waals surface area (Å²) in [5.74, 6) is -3.61. The molecule has 0 spiro atoms. The second kappa shape index (κ2) is 14.2. The van der Waals surface area contributed by atoms with Crippen molar-refractivity contribution in [1.29, 1.82) is 0 Å². The van der Waals surface area contributed by atoms with Gasteiger partial charge in [-0.15, -0.1) is 7.92 Å². The average molecular weight is 371 g/mol. The summed E-state index contributed by atoms with van der Waals surface area (Å²) in [6.07, 6.45) is 1.11. The minimum absolute atomic E-state index is 0.0229. The van der Waals surface area contributed by atoms with Crippen molar-refractivity contribution in [2.75, 3.05) is 24.2 Å². The van der Waals surface area contributed by atoms with Crippen molar-refractivity contribution in [3.8, 4) is 0 Å². The lowest BCUT2D eigenvalue weighted by Gasteiger charge is -2.14. The molecule has 0 unspecified atom stereocenters. The fourth-order valence-electron chi connectivity index (χ4n) is 1.17. The molecule has 0 aliphatic heterocycles. The van der Waals surface area contributed by atoms with Gasteiger partial charge in [0.2, 0.25) is 0 Å². The molecule has 11 heteroatoms. The lowest BCUT2D eigenvalue weighted by molar-refractivity contribution is -0.138. The number of aliphatic carboxylic acids is 4. The molecular weight excluding hydrogens is 349 g/mol. The number of nitrogens with two attached hydrogens (primary N) is 1. The highest BCUT2D eigenvalue weighted by Crippen LogP contribution is 2.37. The molecule has 0 aliphatic carbocycles.